The highest BCUT2D eigenvalue weighted by atomic mass is 16.5. The highest BCUT2D eigenvalue weighted by molar-refractivity contribution is 5.92. The summed E-state index contributed by atoms with van der Waals surface area (Å²) in [6.45, 7) is 4.05. The molecule has 0 saturated heterocycles. The molecule has 0 aromatic carbocycles. The fourth-order valence-electron chi connectivity index (χ4n) is 1.77. The van der Waals surface area contributed by atoms with Crippen LogP contribution in [0.2, 0.25) is 0 Å². The van der Waals surface area contributed by atoms with E-state index in [0.29, 0.717) is 11.5 Å². The van der Waals surface area contributed by atoms with Crippen molar-refractivity contribution < 1.29 is 9.53 Å². The molecule has 1 aromatic heterocycles. The second-order valence-electron chi connectivity index (χ2n) is 4.32. The second kappa shape index (κ2) is 3.68. The first-order valence-electron chi connectivity index (χ1n) is 5.31. The van der Waals surface area contributed by atoms with Crippen molar-refractivity contribution in [3.05, 3.63) is 17.0 Å². The highest BCUT2D eigenvalue weighted by Gasteiger charge is 2.33. The molecule has 1 aliphatic carbocycles. The Morgan fingerprint density at radius 2 is 2.20 bits per heavy atom. The number of carbonyl (C=O) groups is 1. The van der Waals surface area contributed by atoms with Crippen LogP contribution in [0.4, 0.5) is 0 Å². The van der Waals surface area contributed by atoms with Crippen LogP contribution in [-0.4, -0.2) is 23.3 Å². The van der Waals surface area contributed by atoms with Gasteiger partial charge in [0.1, 0.15) is 5.56 Å². The van der Waals surface area contributed by atoms with E-state index in [0.717, 1.165) is 24.2 Å². The van der Waals surface area contributed by atoms with Gasteiger partial charge in [0, 0.05) is 5.92 Å². The number of nitrogens with zero attached hydrogens (tertiary/aromatic N) is 1. The molecule has 1 aliphatic rings. The van der Waals surface area contributed by atoms with Crippen LogP contribution < -0.4 is 0 Å². The van der Waals surface area contributed by atoms with Gasteiger partial charge in [0.05, 0.1) is 18.5 Å². The minimum atomic E-state index is -0.269. The first kappa shape index (κ1) is 10.2. The van der Waals surface area contributed by atoms with Crippen LogP contribution in [0.25, 0.3) is 0 Å². The number of nitrogens with one attached hydrogen (secondary N) is 1. The van der Waals surface area contributed by atoms with Gasteiger partial charge in [-0.05, 0) is 18.8 Å². The maximum Gasteiger partial charge on any atom is 0.341 e. The summed E-state index contributed by atoms with van der Waals surface area (Å²) < 4.78 is 4.81. The van der Waals surface area contributed by atoms with Crippen molar-refractivity contribution in [1.29, 1.82) is 0 Å². The fraction of sp³-hybridized carbons (Fsp3) is 0.636. The number of hydrogen-bond donors (Lipinski definition) is 1. The minimum Gasteiger partial charge on any atom is -0.465 e. The third kappa shape index (κ3) is 1.76. The van der Waals surface area contributed by atoms with Crippen LogP contribution in [-0.2, 0) is 4.74 Å². The molecule has 0 aliphatic heterocycles. The molecule has 1 N–H and O–H groups in total. The summed E-state index contributed by atoms with van der Waals surface area (Å²) in [5.74, 6) is 0.455. The van der Waals surface area contributed by atoms with Crippen molar-refractivity contribution >= 4 is 5.97 Å². The highest BCUT2D eigenvalue weighted by Crippen LogP contribution is 2.42. The number of aromatic nitrogens is 2. The predicted octanol–water partition coefficient (Wildman–Crippen LogP) is 2.20. The van der Waals surface area contributed by atoms with E-state index in [2.05, 4.69) is 10.2 Å². The van der Waals surface area contributed by atoms with Gasteiger partial charge in [-0.2, -0.15) is 5.10 Å². The molecule has 0 atom stereocenters. The van der Waals surface area contributed by atoms with Crippen LogP contribution in [0.1, 0.15) is 60.3 Å². The predicted molar refractivity (Wildman–Crippen MR) is 56.0 cm³/mol. The average Bonchev–Trinajstić information content (AvgIpc) is 2.95. The lowest BCUT2D eigenvalue weighted by atomic mass is 10.0. The van der Waals surface area contributed by atoms with Crippen LogP contribution in [0, 0.1) is 0 Å². The van der Waals surface area contributed by atoms with Gasteiger partial charge in [-0.3, -0.25) is 5.10 Å². The van der Waals surface area contributed by atoms with Crippen molar-refractivity contribution in [2.75, 3.05) is 7.11 Å². The lowest BCUT2D eigenvalue weighted by Gasteiger charge is -2.05. The lowest BCUT2D eigenvalue weighted by molar-refractivity contribution is 0.0598. The molecular weight excluding hydrogens is 192 g/mol. The number of rotatable bonds is 3. The molecule has 1 fully saturated rings. The summed E-state index contributed by atoms with van der Waals surface area (Å²) in [5.41, 5.74) is 2.45. The Kier molecular flexibility index (Phi) is 2.50. The van der Waals surface area contributed by atoms with Crippen molar-refractivity contribution in [3.8, 4) is 0 Å². The van der Waals surface area contributed by atoms with Crippen molar-refractivity contribution in [1.82, 2.24) is 10.2 Å². The van der Waals surface area contributed by atoms with Gasteiger partial charge in [0.15, 0.2) is 0 Å². The quantitative estimate of drug-likeness (QED) is 0.775. The van der Waals surface area contributed by atoms with Gasteiger partial charge in [0.25, 0.3) is 0 Å². The van der Waals surface area contributed by atoms with E-state index in [1.807, 2.05) is 13.8 Å². The number of methoxy groups -OCH3 is 1. The van der Waals surface area contributed by atoms with Gasteiger partial charge in [-0.15, -0.1) is 0 Å². The third-order valence-electron chi connectivity index (χ3n) is 2.74. The Bertz CT molecular complexity index is 358. The summed E-state index contributed by atoms with van der Waals surface area (Å²) in [6, 6.07) is 0. The Labute approximate surface area is 89.0 Å². The molecule has 82 valence electrons. The molecule has 15 heavy (non-hydrogen) atoms. The molecule has 2 rings (SSSR count). The first-order chi connectivity index (χ1) is 7.15. The van der Waals surface area contributed by atoms with E-state index in [-0.39, 0.29) is 11.9 Å². The maximum absolute atomic E-state index is 11.7. The number of H-pyrrole nitrogens is 1. The third-order valence-corrected chi connectivity index (χ3v) is 2.74. The second-order valence-corrected chi connectivity index (χ2v) is 4.32. The molecule has 4 heteroatoms. The zero-order valence-electron chi connectivity index (χ0n) is 9.33. The van der Waals surface area contributed by atoms with E-state index in [1.165, 1.54) is 7.11 Å². The van der Waals surface area contributed by atoms with Gasteiger partial charge >= 0.3 is 5.97 Å². The Morgan fingerprint density at radius 1 is 1.53 bits per heavy atom. The number of hydrogen-bond acceptors (Lipinski definition) is 3. The summed E-state index contributed by atoms with van der Waals surface area (Å²) in [7, 11) is 1.41. The standard InChI is InChI=1S/C11H16N2O2/c1-6(2)9-8(11(14)15-3)10(13-12-9)7-4-5-7/h6-7H,4-5H2,1-3H3,(H,12,13). The number of ether oxygens (including phenoxy) is 1. The van der Waals surface area contributed by atoms with Gasteiger partial charge in [-0.1, -0.05) is 13.8 Å². The van der Waals surface area contributed by atoms with Crippen LogP contribution in [0.15, 0.2) is 0 Å². The fourth-order valence-corrected chi connectivity index (χ4v) is 1.77. The summed E-state index contributed by atoms with van der Waals surface area (Å²) in [6.07, 6.45) is 2.29. The monoisotopic (exact) mass is 208 g/mol. The van der Waals surface area contributed by atoms with E-state index in [9.17, 15) is 4.79 Å². The van der Waals surface area contributed by atoms with E-state index in [1.54, 1.807) is 0 Å². The average molecular weight is 208 g/mol. The number of aromatic amines is 1. The van der Waals surface area contributed by atoms with E-state index in [4.69, 9.17) is 4.74 Å². The molecule has 0 bridgehead atoms. The Hall–Kier alpha value is -1.32. The molecule has 1 saturated carbocycles. The summed E-state index contributed by atoms with van der Waals surface area (Å²) in [5, 5.41) is 7.20. The SMILES string of the molecule is COC(=O)c1c(C(C)C)n[nH]c1C1CC1. The van der Waals surface area contributed by atoms with Crippen molar-refractivity contribution in [2.24, 2.45) is 0 Å². The smallest absolute Gasteiger partial charge is 0.341 e. The lowest BCUT2D eigenvalue weighted by Crippen LogP contribution is -2.07. The zero-order valence-corrected chi connectivity index (χ0v) is 9.33. The summed E-state index contributed by atoms with van der Waals surface area (Å²) in [4.78, 5) is 11.7. The normalized spacial score (nSPS) is 15.7. The molecule has 1 heterocycles. The molecule has 0 spiro atoms. The number of esters is 1. The first-order valence-corrected chi connectivity index (χ1v) is 5.31. The van der Waals surface area contributed by atoms with Crippen molar-refractivity contribution in [2.45, 2.75) is 38.5 Å². The summed E-state index contributed by atoms with van der Waals surface area (Å²) >= 11 is 0. The molecule has 0 radical (unpaired) electrons. The zero-order chi connectivity index (χ0) is 11.0. The van der Waals surface area contributed by atoms with Gasteiger partial charge in [0.2, 0.25) is 0 Å². The minimum absolute atomic E-state index is 0.239. The molecule has 1 aromatic rings. The van der Waals surface area contributed by atoms with Crippen molar-refractivity contribution in [3.63, 3.8) is 0 Å². The molecule has 0 amide bonds. The molecule has 0 unspecified atom stereocenters. The molecular formula is C11H16N2O2. The van der Waals surface area contributed by atoms with E-state index < -0.39 is 0 Å². The van der Waals surface area contributed by atoms with Crippen LogP contribution >= 0.6 is 0 Å². The van der Waals surface area contributed by atoms with Gasteiger partial charge < -0.3 is 4.74 Å². The van der Waals surface area contributed by atoms with Crippen LogP contribution in [0.3, 0.4) is 0 Å². The Morgan fingerprint density at radius 3 is 2.67 bits per heavy atom. The van der Waals surface area contributed by atoms with Gasteiger partial charge in [-0.25, -0.2) is 4.79 Å². The van der Waals surface area contributed by atoms with Crippen LogP contribution in [0.5, 0.6) is 0 Å². The Balaban J connectivity index is 2.43. The van der Waals surface area contributed by atoms with E-state index >= 15 is 0 Å². The molecule has 4 nitrogen and oxygen atoms in total. The largest absolute Gasteiger partial charge is 0.465 e. The topological polar surface area (TPSA) is 55.0 Å². The number of carbonyl (C=O) groups excluding carboxylic acids is 1. The maximum atomic E-state index is 11.7.